The number of hydrogen-bond acceptors (Lipinski definition) is 7. The van der Waals surface area contributed by atoms with Gasteiger partial charge >= 0.3 is 6.18 Å². The van der Waals surface area contributed by atoms with Crippen LogP contribution in [0, 0.1) is 6.92 Å². The van der Waals surface area contributed by atoms with Crippen LogP contribution < -0.4 is 4.41 Å². The summed E-state index contributed by atoms with van der Waals surface area (Å²) in [4.78, 5) is 10.3. The number of anilines is 1. The fourth-order valence-corrected chi connectivity index (χ4v) is 6.01. The predicted octanol–water partition coefficient (Wildman–Crippen LogP) is 3.60. The zero-order valence-electron chi connectivity index (χ0n) is 20.1. The van der Waals surface area contributed by atoms with Crippen LogP contribution >= 0.6 is 0 Å². The fourth-order valence-electron chi connectivity index (χ4n) is 4.57. The van der Waals surface area contributed by atoms with Crippen molar-refractivity contribution in [3.05, 3.63) is 72.1 Å². The Hall–Kier alpha value is -3.06. The number of pyridine rings is 2. The number of aromatic nitrogens is 2. The molecule has 1 aromatic carbocycles. The van der Waals surface area contributed by atoms with Crippen LogP contribution in [0.15, 0.2) is 66.0 Å². The Balaban J connectivity index is 1.61. The van der Waals surface area contributed by atoms with E-state index in [2.05, 4.69) is 14.9 Å². The second kappa shape index (κ2) is 10.0. The monoisotopic (exact) mass is 533 g/mol. The number of hydrogen-bond donors (Lipinski definition) is 0. The van der Waals surface area contributed by atoms with Gasteiger partial charge in [0, 0.05) is 38.6 Å². The molecule has 0 radical (unpaired) electrons. The molecule has 4 heterocycles. The molecule has 0 aliphatic carbocycles. The first-order valence-corrected chi connectivity index (χ1v) is 13.3. The van der Waals surface area contributed by atoms with Crippen molar-refractivity contribution >= 4 is 15.8 Å². The van der Waals surface area contributed by atoms with Crippen LogP contribution in [0.2, 0.25) is 0 Å². The molecule has 3 aromatic rings. The molecular formula is C25H26F3N5O3S. The molecule has 2 aliphatic heterocycles. The molecule has 0 N–H and O–H groups in total. The molecule has 8 nitrogen and oxygen atoms in total. The van der Waals surface area contributed by atoms with Crippen molar-refractivity contribution in [2.24, 2.45) is 0 Å². The maximum Gasteiger partial charge on any atom is 0.418 e. The zero-order chi connectivity index (χ0) is 26.2. The van der Waals surface area contributed by atoms with Crippen molar-refractivity contribution in [2.45, 2.75) is 24.2 Å². The lowest BCUT2D eigenvalue weighted by atomic mass is 9.97. The maximum atomic E-state index is 14.0. The van der Waals surface area contributed by atoms with Crippen molar-refractivity contribution in [1.82, 2.24) is 19.9 Å². The van der Waals surface area contributed by atoms with Gasteiger partial charge in [-0.25, -0.2) is 15.0 Å². The fraction of sp³-hybridized carbons (Fsp3) is 0.360. The van der Waals surface area contributed by atoms with E-state index >= 15 is 0 Å². The SMILES string of the molecule is Cc1ccccc1-c1cc(N(N2CCN(C3COC3)CC2)S(=O)(=O)c2ccccn2)ncc1C(F)(F)F. The Bertz CT molecular complexity index is 1360. The molecule has 2 aliphatic rings. The molecule has 12 heteroatoms. The maximum absolute atomic E-state index is 14.0. The Morgan fingerprint density at radius 3 is 2.27 bits per heavy atom. The third kappa shape index (κ3) is 5.06. The number of alkyl halides is 3. The van der Waals surface area contributed by atoms with E-state index in [0.29, 0.717) is 62.8 Å². The van der Waals surface area contributed by atoms with Crippen LogP contribution in [-0.2, 0) is 20.9 Å². The molecule has 196 valence electrons. The number of sulfonamides is 1. The van der Waals surface area contributed by atoms with Gasteiger partial charge in [-0.2, -0.15) is 26.0 Å². The third-order valence-corrected chi connectivity index (χ3v) is 8.28. The highest BCUT2D eigenvalue weighted by atomic mass is 32.2. The van der Waals surface area contributed by atoms with Crippen molar-refractivity contribution in [2.75, 3.05) is 43.8 Å². The minimum atomic E-state index is -4.68. The summed E-state index contributed by atoms with van der Waals surface area (Å²) in [6.45, 7) is 4.81. The van der Waals surface area contributed by atoms with Gasteiger partial charge in [0.15, 0.2) is 10.8 Å². The predicted molar refractivity (Wildman–Crippen MR) is 131 cm³/mol. The van der Waals surface area contributed by atoms with Crippen LogP contribution in [0.5, 0.6) is 0 Å². The summed E-state index contributed by atoms with van der Waals surface area (Å²) in [6, 6.07) is 12.7. The van der Waals surface area contributed by atoms with Crippen molar-refractivity contribution < 1.29 is 26.3 Å². The Kier molecular flexibility index (Phi) is 6.92. The molecule has 37 heavy (non-hydrogen) atoms. The third-order valence-electron chi connectivity index (χ3n) is 6.64. The molecule has 0 amide bonds. The second-order valence-corrected chi connectivity index (χ2v) is 10.7. The first kappa shape index (κ1) is 25.6. The number of nitrogens with zero attached hydrogens (tertiary/aromatic N) is 5. The smallest absolute Gasteiger partial charge is 0.378 e. The highest BCUT2D eigenvalue weighted by Crippen LogP contribution is 2.40. The molecule has 0 atom stereocenters. The highest BCUT2D eigenvalue weighted by molar-refractivity contribution is 7.92. The lowest BCUT2D eigenvalue weighted by Gasteiger charge is -2.45. The van der Waals surface area contributed by atoms with Gasteiger partial charge in [0.25, 0.3) is 10.0 Å². The summed E-state index contributed by atoms with van der Waals surface area (Å²) < 4.78 is 76.0. The molecule has 5 rings (SSSR count). The lowest BCUT2D eigenvalue weighted by Crippen LogP contribution is -2.60. The van der Waals surface area contributed by atoms with Crippen LogP contribution in [0.1, 0.15) is 11.1 Å². The van der Waals surface area contributed by atoms with E-state index in [9.17, 15) is 21.6 Å². The number of ether oxygens (including phenoxy) is 1. The number of benzene rings is 1. The lowest BCUT2D eigenvalue weighted by molar-refractivity contribution is -0.137. The normalized spacial score (nSPS) is 17.9. The molecule has 2 aromatic heterocycles. The standard InChI is InChI=1S/C25H26F3N5O3S/c1-18-6-2-3-7-20(18)21-14-23(30-15-22(21)25(26,27)28)33(37(34,35)24-8-4-5-9-29-24)32-12-10-31(11-13-32)19-16-36-17-19/h2-9,14-15,19H,10-13,16-17H2,1H3. The van der Waals surface area contributed by atoms with Crippen LogP contribution in [-0.4, -0.2) is 73.7 Å². The summed E-state index contributed by atoms with van der Waals surface area (Å²) in [5.74, 6) is -0.127. The molecule has 2 fully saturated rings. The summed E-state index contributed by atoms with van der Waals surface area (Å²) in [5, 5.41) is 1.39. The van der Waals surface area contributed by atoms with Crippen LogP contribution in [0.25, 0.3) is 11.1 Å². The number of halogens is 3. The van der Waals surface area contributed by atoms with E-state index in [1.54, 1.807) is 48.3 Å². The van der Waals surface area contributed by atoms with Gasteiger partial charge in [0.05, 0.1) is 24.8 Å². The molecule has 0 bridgehead atoms. The van der Waals surface area contributed by atoms with E-state index in [0.717, 1.165) is 4.41 Å². The second-order valence-electron chi connectivity index (χ2n) is 9.00. The quantitative estimate of drug-likeness (QED) is 0.479. The summed E-state index contributed by atoms with van der Waals surface area (Å²) in [6.07, 6.45) is -2.61. The van der Waals surface area contributed by atoms with Gasteiger partial charge < -0.3 is 4.74 Å². The average Bonchev–Trinajstić information content (AvgIpc) is 2.84. The Labute approximate surface area is 213 Å². The van der Waals surface area contributed by atoms with Crippen molar-refractivity contribution in [1.29, 1.82) is 0 Å². The van der Waals surface area contributed by atoms with E-state index in [1.165, 1.54) is 18.3 Å². The van der Waals surface area contributed by atoms with Gasteiger partial charge in [-0.3, -0.25) is 4.90 Å². The summed E-state index contributed by atoms with van der Waals surface area (Å²) in [7, 11) is -4.28. The van der Waals surface area contributed by atoms with Gasteiger partial charge in [0.2, 0.25) is 0 Å². The van der Waals surface area contributed by atoms with E-state index in [1.807, 2.05) is 0 Å². The van der Waals surface area contributed by atoms with E-state index in [4.69, 9.17) is 4.74 Å². The van der Waals surface area contributed by atoms with Crippen molar-refractivity contribution in [3.8, 4) is 11.1 Å². The summed E-state index contributed by atoms with van der Waals surface area (Å²) >= 11 is 0. The van der Waals surface area contributed by atoms with E-state index < -0.39 is 21.8 Å². The largest absolute Gasteiger partial charge is 0.418 e. The van der Waals surface area contributed by atoms with Gasteiger partial charge in [-0.1, -0.05) is 30.3 Å². The zero-order valence-corrected chi connectivity index (χ0v) is 20.9. The topological polar surface area (TPSA) is 78.9 Å². The van der Waals surface area contributed by atoms with Crippen LogP contribution in [0.4, 0.5) is 19.0 Å². The van der Waals surface area contributed by atoms with Gasteiger partial charge in [-0.15, -0.1) is 0 Å². The molecular weight excluding hydrogens is 507 g/mol. The van der Waals surface area contributed by atoms with Gasteiger partial charge in [0.1, 0.15) is 0 Å². The molecule has 2 saturated heterocycles. The minimum Gasteiger partial charge on any atom is -0.378 e. The number of hydrazine groups is 1. The Morgan fingerprint density at radius 2 is 1.68 bits per heavy atom. The van der Waals surface area contributed by atoms with Gasteiger partial charge in [-0.05, 0) is 41.8 Å². The molecule has 0 unspecified atom stereocenters. The highest BCUT2D eigenvalue weighted by Gasteiger charge is 2.39. The van der Waals surface area contributed by atoms with E-state index in [-0.39, 0.29) is 16.4 Å². The number of piperazine rings is 1. The molecule has 0 spiro atoms. The van der Waals surface area contributed by atoms with Crippen molar-refractivity contribution in [3.63, 3.8) is 0 Å². The number of aryl methyl sites for hydroxylation is 1. The number of rotatable bonds is 6. The Morgan fingerprint density at radius 1 is 0.973 bits per heavy atom. The first-order chi connectivity index (χ1) is 17.7. The average molecular weight is 534 g/mol. The summed E-state index contributed by atoms with van der Waals surface area (Å²) in [5.41, 5.74) is -0.0957. The van der Waals surface area contributed by atoms with Crippen LogP contribution in [0.3, 0.4) is 0 Å². The molecule has 0 saturated carbocycles. The minimum absolute atomic E-state index is 0.127. The first-order valence-electron chi connectivity index (χ1n) is 11.8.